The highest BCUT2D eigenvalue weighted by Gasteiger charge is 2.20. The van der Waals surface area contributed by atoms with Crippen molar-refractivity contribution in [1.82, 2.24) is 10.2 Å². The zero-order chi connectivity index (χ0) is 17.5. The SMILES string of the molecule is O=C(CCc1ccccc1Cl)NCC1CCCN(Cc2cccs2)C1. The minimum absolute atomic E-state index is 0.121. The molecule has 0 aliphatic carbocycles. The number of carbonyl (C=O) groups is 1. The van der Waals surface area contributed by atoms with Crippen LogP contribution in [0.3, 0.4) is 0 Å². The fourth-order valence-electron chi connectivity index (χ4n) is 3.38. The van der Waals surface area contributed by atoms with E-state index in [1.165, 1.54) is 17.7 Å². The number of nitrogens with zero attached hydrogens (tertiary/aromatic N) is 1. The molecule has 1 saturated heterocycles. The maximum atomic E-state index is 12.1. The molecule has 1 aromatic carbocycles. The van der Waals surface area contributed by atoms with Crippen LogP contribution in [0.25, 0.3) is 0 Å². The third kappa shape index (κ3) is 5.84. The van der Waals surface area contributed by atoms with Crippen LogP contribution >= 0.6 is 22.9 Å². The number of hydrogen-bond acceptors (Lipinski definition) is 3. The molecule has 2 aromatic rings. The van der Waals surface area contributed by atoms with Crippen LogP contribution in [0.1, 0.15) is 29.7 Å². The second-order valence-corrected chi connectivity index (χ2v) is 8.16. The van der Waals surface area contributed by atoms with Gasteiger partial charge in [-0.15, -0.1) is 11.3 Å². The van der Waals surface area contributed by atoms with Crippen molar-refractivity contribution in [3.8, 4) is 0 Å². The molecule has 1 atom stereocenters. The molecule has 1 unspecified atom stereocenters. The van der Waals surface area contributed by atoms with Crippen LogP contribution < -0.4 is 5.32 Å². The Bertz CT molecular complexity index is 674. The Labute approximate surface area is 159 Å². The van der Waals surface area contributed by atoms with Gasteiger partial charge >= 0.3 is 0 Å². The first kappa shape index (κ1) is 18.4. The summed E-state index contributed by atoms with van der Waals surface area (Å²) in [6.07, 6.45) is 3.60. The quantitative estimate of drug-likeness (QED) is 0.778. The summed E-state index contributed by atoms with van der Waals surface area (Å²) >= 11 is 7.96. The number of aryl methyl sites for hydroxylation is 1. The van der Waals surface area contributed by atoms with Gasteiger partial charge in [-0.25, -0.2) is 0 Å². The highest BCUT2D eigenvalue weighted by atomic mass is 35.5. The largest absolute Gasteiger partial charge is 0.356 e. The number of benzene rings is 1. The van der Waals surface area contributed by atoms with Gasteiger partial charge in [0, 0.05) is 36.0 Å². The Morgan fingerprint density at radius 1 is 1.28 bits per heavy atom. The summed E-state index contributed by atoms with van der Waals surface area (Å²) in [6.45, 7) is 4.05. The van der Waals surface area contributed by atoms with Gasteiger partial charge in [0.2, 0.25) is 5.91 Å². The van der Waals surface area contributed by atoms with Gasteiger partial charge in [0.25, 0.3) is 0 Å². The average molecular weight is 377 g/mol. The van der Waals surface area contributed by atoms with Crippen molar-refractivity contribution in [3.63, 3.8) is 0 Å². The third-order valence-corrected chi connectivity index (χ3v) is 5.96. The van der Waals surface area contributed by atoms with Gasteiger partial charge in [0.15, 0.2) is 0 Å². The summed E-state index contributed by atoms with van der Waals surface area (Å²) in [4.78, 5) is 16.1. The number of hydrogen-bond donors (Lipinski definition) is 1. The summed E-state index contributed by atoms with van der Waals surface area (Å²) in [6, 6.07) is 12.0. The van der Waals surface area contributed by atoms with E-state index in [1.54, 1.807) is 0 Å². The van der Waals surface area contributed by atoms with Crippen molar-refractivity contribution < 1.29 is 4.79 Å². The summed E-state index contributed by atoms with van der Waals surface area (Å²) < 4.78 is 0. The van der Waals surface area contributed by atoms with Gasteiger partial charge in [-0.1, -0.05) is 35.9 Å². The van der Waals surface area contributed by atoms with E-state index in [0.717, 1.165) is 36.8 Å². The number of nitrogens with one attached hydrogen (secondary N) is 1. The molecule has 1 aliphatic heterocycles. The highest BCUT2D eigenvalue weighted by molar-refractivity contribution is 7.09. The molecule has 0 bridgehead atoms. The average Bonchev–Trinajstić information content (AvgIpc) is 3.12. The maximum Gasteiger partial charge on any atom is 0.220 e. The molecule has 1 aliphatic rings. The lowest BCUT2D eigenvalue weighted by Gasteiger charge is -2.32. The van der Waals surface area contributed by atoms with Crippen LogP contribution in [0.4, 0.5) is 0 Å². The summed E-state index contributed by atoms with van der Waals surface area (Å²) in [5.74, 6) is 0.674. The van der Waals surface area contributed by atoms with Gasteiger partial charge < -0.3 is 5.32 Å². The zero-order valence-corrected chi connectivity index (χ0v) is 16.0. The van der Waals surface area contributed by atoms with Crippen LogP contribution in [0.2, 0.25) is 5.02 Å². The van der Waals surface area contributed by atoms with E-state index < -0.39 is 0 Å². The molecule has 1 amide bonds. The lowest BCUT2D eigenvalue weighted by Crippen LogP contribution is -2.40. The molecular formula is C20H25ClN2OS. The molecule has 134 valence electrons. The van der Waals surface area contributed by atoms with Gasteiger partial charge in [0.05, 0.1) is 0 Å². The van der Waals surface area contributed by atoms with Crippen LogP contribution in [0.5, 0.6) is 0 Å². The molecule has 1 aromatic heterocycles. The number of halogens is 1. The Kier molecular flexibility index (Phi) is 6.91. The number of likely N-dealkylation sites (tertiary alicyclic amines) is 1. The van der Waals surface area contributed by atoms with E-state index in [9.17, 15) is 4.79 Å². The van der Waals surface area contributed by atoms with Crippen molar-refractivity contribution in [2.24, 2.45) is 5.92 Å². The van der Waals surface area contributed by atoms with Gasteiger partial charge in [-0.3, -0.25) is 9.69 Å². The minimum Gasteiger partial charge on any atom is -0.356 e. The second kappa shape index (κ2) is 9.37. The summed E-state index contributed by atoms with van der Waals surface area (Å²) in [5.41, 5.74) is 1.04. The van der Waals surface area contributed by atoms with E-state index in [2.05, 4.69) is 27.7 Å². The van der Waals surface area contributed by atoms with Crippen molar-refractivity contribution in [3.05, 3.63) is 57.2 Å². The molecule has 3 rings (SSSR count). The van der Waals surface area contributed by atoms with Crippen LogP contribution in [-0.4, -0.2) is 30.4 Å². The lowest BCUT2D eigenvalue weighted by atomic mass is 9.98. The lowest BCUT2D eigenvalue weighted by molar-refractivity contribution is -0.121. The first-order valence-corrected chi connectivity index (χ1v) is 10.2. The number of rotatable bonds is 7. The molecule has 0 spiro atoms. The van der Waals surface area contributed by atoms with Crippen molar-refractivity contribution in [1.29, 1.82) is 0 Å². The fourth-order valence-corrected chi connectivity index (χ4v) is 4.36. The molecule has 3 nitrogen and oxygen atoms in total. The minimum atomic E-state index is 0.121. The highest BCUT2D eigenvalue weighted by Crippen LogP contribution is 2.20. The Hall–Kier alpha value is -1.36. The number of carbonyl (C=O) groups excluding carboxylic acids is 1. The van der Waals surface area contributed by atoms with E-state index in [-0.39, 0.29) is 5.91 Å². The van der Waals surface area contributed by atoms with Crippen molar-refractivity contribution >= 4 is 28.8 Å². The topological polar surface area (TPSA) is 32.3 Å². The van der Waals surface area contributed by atoms with Crippen LogP contribution in [0, 0.1) is 5.92 Å². The molecule has 2 heterocycles. The van der Waals surface area contributed by atoms with Crippen LogP contribution in [0.15, 0.2) is 41.8 Å². The maximum absolute atomic E-state index is 12.1. The molecule has 5 heteroatoms. The predicted octanol–water partition coefficient (Wildman–Crippen LogP) is 4.36. The Balaban J connectivity index is 1.38. The molecule has 1 N–H and O–H groups in total. The molecule has 0 radical (unpaired) electrons. The zero-order valence-electron chi connectivity index (χ0n) is 14.4. The number of thiophene rings is 1. The van der Waals surface area contributed by atoms with Crippen LogP contribution in [-0.2, 0) is 17.8 Å². The second-order valence-electron chi connectivity index (χ2n) is 6.72. The first-order chi connectivity index (χ1) is 12.2. The standard InChI is InChI=1S/C20H25ClN2OS/c21-19-8-2-1-6-17(19)9-10-20(24)22-13-16-5-3-11-23(14-16)15-18-7-4-12-25-18/h1-2,4,6-8,12,16H,3,5,9-11,13-15H2,(H,22,24). The van der Waals surface area contributed by atoms with Gasteiger partial charge in [-0.2, -0.15) is 0 Å². The number of amides is 1. The third-order valence-electron chi connectivity index (χ3n) is 4.73. The summed E-state index contributed by atoms with van der Waals surface area (Å²) in [7, 11) is 0. The van der Waals surface area contributed by atoms with E-state index in [1.807, 2.05) is 35.6 Å². The van der Waals surface area contributed by atoms with E-state index >= 15 is 0 Å². The molecule has 1 fully saturated rings. The van der Waals surface area contributed by atoms with E-state index in [0.29, 0.717) is 18.8 Å². The Morgan fingerprint density at radius 3 is 2.96 bits per heavy atom. The summed E-state index contributed by atoms with van der Waals surface area (Å²) in [5, 5.41) is 5.99. The van der Waals surface area contributed by atoms with Gasteiger partial charge in [-0.05, 0) is 54.8 Å². The normalized spacial score (nSPS) is 18.2. The van der Waals surface area contributed by atoms with Gasteiger partial charge in [0.1, 0.15) is 0 Å². The predicted molar refractivity (Wildman–Crippen MR) is 105 cm³/mol. The Morgan fingerprint density at radius 2 is 2.16 bits per heavy atom. The molecular weight excluding hydrogens is 352 g/mol. The molecule has 0 saturated carbocycles. The number of piperidine rings is 1. The monoisotopic (exact) mass is 376 g/mol. The van der Waals surface area contributed by atoms with E-state index in [4.69, 9.17) is 11.6 Å². The van der Waals surface area contributed by atoms with Crippen molar-refractivity contribution in [2.45, 2.75) is 32.2 Å². The first-order valence-electron chi connectivity index (χ1n) is 8.95. The fraction of sp³-hybridized carbons (Fsp3) is 0.450. The smallest absolute Gasteiger partial charge is 0.220 e. The van der Waals surface area contributed by atoms with Crippen molar-refractivity contribution in [2.75, 3.05) is 19.6 Å². The molecule has 25 heavy (non-hydrogen) atoms.